The second kappa shape index (κ2) is 5.71. The Morgan fingerprint density at radius 2 is 2.05 bits per heavy atom. The van der Waals surface area contributed by atoms with Crippen molar-refractivity contribution in [2.45, 2.75) is 25.3 Å². The third kappa shape index (κ3) is 2.88. The summed E-state index contributed by atoms with van der Waals surface area (Å²) >= 11 is 0. The Kier molecular flexibility index (Phi) is 4.18. The van der Waals surface area contributed by atoms with Gasteiger partial charge in [0.1, 0.15) is 11.5 Å². The number of piperidine rings is 1. The minimum Gasteiger partial charge on any atom is -0.507 e. The third-order valence-corrected chi connectivity index (χ3v) is 4.19. The van der Waals surface area contributed by atoms with Crippen molar-refractivity contribution in [1.29, 1.82) is 0 Å². The average Bonchev–Trinajstić information content (AvgIpc) is 2.48. The predicted octanol–water partition coefficient (Wildman–Crippen LogP) is 1.61. The summed E-state index contributed by atoms with van der Waals surface area (Å²) in [7, 11) is 3.49. The van der Waals surface area contributed by atoms with E-state index in [1.807, 2.05) is 7.05 Å². The lowest BCUT2D eigenvalue weighted by molar-refractivity contribution is 0.0658. The maximum absolute atomic E-state index is 12.5. The Morgan fingerprint density at radius 3 is 2.60 bits per heavy atom. The third-order valence-electron chi connectivity index (χ3n) is 4.19. The van der Waals surface area contributed by atoms with Crippen LogP contribution in [-0.4, -0.2) is 48.7 Å². The van der Waals surface area contributed by atoms with Crippen LogP contribution in [0.1, 0.15) is 30.1 Å². The predicted molar refractivity (Wildman–Crippen MR) is 77.3 cm³/mol. The van der Waals surface area contributed by atoms with E-state index in [2.05, 4.69) is 12.2 Å². The molecule has 0 atom stereocenters. The number of nitrogens with one attached hydrogen (secondary N) is 1. The largest absolute Gasteiger partial charge is 0.507 e. The zero-order valence-corrected chi connectivity index (χ0v) is 12.3. The Bertz CT molecular complexity index is 494. The minimum absolute atomic E-state index is 0.00208. The fourth-order valence-corrected chi connectivity index (χ4v) is 2.44. The number of nitrogens with zero attached hydrogens (tertiary/aromatic N) is 1. The highest BCUT2D eigenvalue weighted by atomic mass is 16.5. The molecule has 1 aliphatic rings. The number of benzene rings is 1. The molecule has 0 saturated carbocycles. The highest BCUT2D eigenvalue weighted by Gasteiger charge is 2.31. The van der Waals surface area contributed by atoms with E-state index in [0.717, 1.165) is 12.8 Å². The van der Waals surface area contributed by atoms with Crippen molar-refractivity contribution >= 4 is 5.91 Å². The van der Waals surface area contributed by atoms with Gasteiger partial charge in [-0.1, -0.05) is 0 Å². The van der Waals surface area contributed by atoms with Gasteiger partial charge in [-0.15, -0.1) is 0 Å². The topological polar surface area (TPSA) is 61.8 Å². The van der Waals surface area contributed by atoms with Gasteiger partial charge in [-0.2, -0.15) is 0 Å². The number of carbonyl (C=O) groups excluding carboxylic acids is 1. The molecule has 1 fully saturated rings. The normalized spacial score (nSPS) is 17.9. The molecule has 1 saturated heterocycles. The maximum Gasteiger partial charge on any atom is 0.257 e. The van der Waals surface area contributed by atoms with Crippen LogP contribution in [0, 0.1) is 0 Å². The first-order chi connectivity index (χ1) is 9.49. The van der Waals surface area contributed by atoms with Gasteiger partial charge in [-0.05, 0) is 45.0 Å². The molecule has 0 spiro atoms. The first-order valence-corrected chi connectivity index (χ1v) is 6.84. The number of rotatable bonds is 3. The molecule has 110 valence electrons. The molecule has 0 aromatic heterocycles. The zero-order valence-electron chi connectivity index (χ0n) is 12.3. The van der Waals surface area contributed by atoms with Crippen molar-refractivity contribution in [2.24, 2.45) is 0 Å². The van der Waals surface area contributed by atoms with Crippen molar-refractivity contribution in [3.05, 3.63) is 23.8 Å². The van der Waals surface area contributed by atoms with Crippen LogP contribution in [0.2, 0.25) is 0 Å². The van der Waals surface area contributed by atoms with Crippen LogP contribution in [0.25, 0.3) is 0 Å². The molecule has 0 radical (unpaired) electrons. The van der Waals surface area contributed by atoms with Crippen LogP contribution >= 0.6 is 0 Å². The van der Waals surface area contributed by atoms with Crippen molar-refractivity contribution in [2.75, 3.05) is 27.2 Å². The summed E-state index contributed by atoms with van der Waals surface area (Å²) in [6.45, 7) is 3.54. The van der Waals surface area contributed by atoms with Gasteiger partial charge >= 0.3 is 0 Å². The number of carbonyl (C=O) groups is 1. The Balaban J connectivity index is 2.13. The molecule has 5 nitrogen and oxygen atoms in total. The van der Waals surface area contributed by atoms with Gasteiger partial charge in [0.05, 0.1) is 12.7 Å². The Morgan fingerprint density at radius 1 is 1.40 bits per heavy atom. The van der Waals surface area contributed by atoms with E-state index in [1.165, 1.54) is 6.07 Å². The maximum atomic E-state index is 12.5. The van der Waals surface area contributed by atoms with Gasteiger partial charge in [-0.25, -0.2) is 0 Å². The summed E-state index contributed by atoms with van der Waals surface area (Å²) in [6.07, 6.45) is 1.81. The molecule has 2 rings (SSSR count). The van der Waals surface area contributed by atoms with Crippen LogP contribution in [0.4, 0.5) is 0 Å². The lowest BCUT2D eigenvalue weighted by Gasteiger charge is -2.39. The second-order valence-corrected chi connectivity index (χ2v) is 5.49. The second-order valence-electron chi connectivity index (χ2n) is 5.49. The number of likely N-dealkylation sites (tertiary alicyclic amines) is 1. The van der Waals surface area contributed by atoms with Crippen molar-refractivity contribution in [1.82, 2.24) is 10.2 Å². The molecule has 0 aliphatic carbocycles. The molecule has 5 heteroatoms. The molecule has 1 aliphatic heterocycles. The van der Waals surface area contributed by atoms with E-state index in [9.17, 15) is 9.90 Å². The van der Waals surface area contributed by atoms with E-state index in [0.29, 0.717) is 24.4 Å². The Hall–Kier alpha value is -1.75. The fraction of sp³-hybridized carbons (Fsp3) is 0.533. The standard InChI is InChI=1S/C15H22N2O3/c1-15(16-2)6-8-17(9-7-15)14(19)12-10-11(20-3)4-5-13(12)18/h4-5,10,16,18H,6-9H2,1-3H3. The SMILES string of the molecule is CNC1(C)CCN(C(=O)c2cc(OC)ccc2O)CC1. The van der Waals surface area contributed by atoms with Crippen molar-refractivity contribution < 1.29 is 14.6 Å². The van der Waals surface area contributed by atoms with Gasteiger partial charge in [0, 0.05) is 18.6 Å². The van der Waals surface area contributed by atoms with Crippen LogP contribution < -0.4 is 10.1 Å². The molecular formula is C15H22N2O3. The molecule has 1 aromatic carbocycles. The number of hydrogen-bond acceptors (Lipinski definition) is 4. The van der Waals surface area contributed by atoms with Gasteiger partial charge in [0.25, 0.3) is 5.91 Å². The van der Waals surface area contributed by atoms with Crippen molar-refractivity contribution in [3.8, 4) is 11.5 Å². The smallest absolute Gasteiger partial charge is 0.257 e. The van der Waals surface area contributed by atoms with Gasteiger partial charge in [-0.3, -0.25) is 4.79 Å². The molecule has 2 N–H and O–H groups in total. The molecule has 1 heterocycles. The summed E-state index contributed by atoms with van der Waals surface area (Å²) in [6, 6.07) is 4.72. The summed E-state index contributed by atoms with van der Waals surface area (Å²) < 4.78 is 5.11. The summed E-state index contributed by atoms with van der Waals surface area (Å²) in [5, 5.41) is 13.2. The number of aromatic hydroxyl groups is 1. The van der Waals surface area contributed by atoms with Crippen molar-refractivity contribution in [3.63, 3.8) is 0 Å². The van der Waals surface area contributed by atoms with E-state index in [4.69, 9.17) is 4.74 Å². The molecular weight excluding hydrogens is 256 g/mol. The lowest BCUT2D eigenvalue weighted by atomic mass is 9.89. The summed E-state index contributed by atoms with van der Waals surface area (Å²) in [5.41, 5.74) is 0.394. The van der Waals surface area contributed by atoms with E-state index < -0.39 is 0 Å². The number of methoxy groups -OCH3 is 1. The van der Waals surface area contributed by atoms with Gasteiger partial charge in [0.15, 0.2) is 0 Å². The van der Waals surface area contributed by atoms with Gasteiger partial charge < -0.3 is 20.1 Å². The highest BCUT2D eigenvalue weighted by molar-refractivity contribution is 5.97. The number of phenolic OH excluding ortho intramolecular Hbond substituents is 1. The zero-order chi connectivity index (χ0) is 14.8. The Labute approximate surface area is 119 Å². The minimum atomic E-state index is -0.139. The van der Waals surface area contributed by atoms with E-state index in [1.54, 1.807) is 24.1 Å². The lowest BCUT2D eigenvalue weighted by Crippen LogP contribution is -2.51. The molecule has 1 amide bonds. The van der Waals surface area contributed by atoms with E-state index >= 15 is 0 Å². The summed E-state index contributed by atoms with van der Waals surface area (Å²) in [4.78, 5) is 14.3. The molecule has 0 unspecified atom stereocenters. The highest BCUT2D eigenvalue weighted by Crippen LogP contribution is 2.27. The average molecular weight is 278 g/mol. The van der Waals surface area contributed by atoms with Crippen LogP contribution in [0.15, 0.2) is 18.2 Å². The molecule has 1 aromatic rings. The monoisotopic (exact) mass is 278 g/mol. The first kappa shape index (κ1) is 14.7. The number of hydrogen-bond donors (Lipinski definition) is 2. The molecule has 0 bridgehead atoms. The number of phenols is 1. The van der Waals surface area contributed by atoms with Gasteiger partial charge in [0.2, 0.25) is 0 Å². The van der Waals surface area contributed by atoms with Crippen LogP contribution in [0.3, 0.4) is 0 Å². The van der Waals surface area contributed by atoms with E-state index in [-0.39, 0.29) is 17.2 Å². The number of ether oxygens (including phenoxy) is 1. The molecule has 20 heavy (non-hydrogen) atoms. The fourth-order valence-electron chi connectivity index (χ4n) is 2.44. The number of amides is 1. The quantitative estimate of drug-likeness (QED) is 0.882. The first-order valence-electron chi connectivity index (χ1n) is 6.84. The van der Waals surface area contributed by atoms with Crippen LogP contribution in [-0.2, 0) is 0 Å². The summed E-state index contributed by atoms with van der Waals surface area (Å²) in [5.74, 6) is 0.431. The van der Waals surface area contributed by atoms with Crippen LogP contribution in [0.5, 0.6) is 11.5 Å².